The molecule has 0 saturated heterocycles. The molecule has 0 aliphatic rings. The number of carbonyl (C=O) groups is 2. The number of benzene rings is 1. The number of rotatable bonds is 7. The number of ether oxygens (including phenoxy) is 1. The third-order valence-corrected chi connectivity index (χ3v) is 2.91. The number of aliphatic carboxylic acids is 1. The first kappa shape index (κ1) is 15.8. The third-order valence-electron chi connectivity index (χ3n) is 2.91. The van der Waals surface area contributed by atoms with Gasteiger partial charge in [-0.25, -0.2) is 0 Å². The van der Waals surface area contributed by atoms with Crippen LogP contribution in [0.25, 0.3) is 6.08 Å². The standard InChI is InChI=1S/C15H19NO4/c1-3-12(15(18)19)10-16-14(17)9-6-11-4-7-13(20-2)8-5-11/h4-9,12H,3,10H2,1-2H3,(H,16,17)(H,18,19). The summed E-state index contributed by atoms with van der Waals surface area (Å²) in [5.74, 6) is -1.00. The molecule has 1 amide bonds. The molecule has 0 saturated carbocycles. The van der Waals surface area contributed by atoms with Crippen molar-refractivity contribution in [1.29, 1.82) is 0 Å². The summed E-state index contributed by atoms with van der Waals surface area (Å²) in [6.07, 6.45) is 3.53. The Morgan fingerprint density at radius 2 is 2.00 bits per heavy atom. The van der Waals surface area contributed by atoms with Crippen molar-refractivity contribution < 1.29 is 19.4 Å². The maximum atomic E-state index is 11.6. The molecule has 0 aliphatic carbocycles. The normalized spacial score (nSPS) is 12.1. The van der Waals surface area contributed by atoms with E-state index in [1.807, 2.05) is 12.1 Å². The van der Waals surface area contributed by atoms with E-state index in [1.54, 1.807) is 32.2 Å². The molecule has 0 bridgehead atoms. The maximum Gasteiger partial charge on any atom is 0.308 e. The van der Waals surface area contributed by atoms with Crippen LogP contribution in [-0.2, 0) is 9.59 Å². The van der Waals surface area contributed by atoms with Gasteiger partial charge in [0.25, 0.3) is 0 Å². The van der Waals surface area contributed by atoms with Gasteiger partial charge in [0.05, 0.1) is 13.0 Å². The lowest BCUT2D eigenvalue weighted by Crippen LogP contribution is -2.31. The summed E-state index contributed by atoms with van der Waals surface area (Å²) in [6.45, 7) is 1.91. The van der Waals surface area contributed by atoms with Crippen LogP contribution in [0.15, 0.2) is 30.3 Å². The molecule has 1 unspecified atom stereocenters. The number of carbonyl (C=O) groups excluding carboxylic acids is 1. The van der Waals surface area contributed by atoms with E-state index in [0.717, 1.165) is 11.3 Å². The van der Waals surface area contributed by atoms with Crippen molar-refractivity contribution in [2.24, 2.45) is 5.92 Å². The Hall–Kier alpha value is -2.30. The second-order valence-electron chi connectivity index (χ2n) is 4.30. The summed E-state index contributed by atoms with van der Waals surface area (Å²) >= 11 is 0. The first-order valence-electron chi connectivity index (χ1n) is 6.39. The van der Waals surface area contributed by atoms with Gasteiger partial charge in [-0.2, -0.15) is 0 Å². The fraction of sp³-hybridized carbons (Fsp3) is 0.333. The Kier molecular flexibility index (Phi) is 6.29. The summed E-state index contributed by atoms with van der Waals surface area (Å²) in [4.78, 5) is 22.4. The topological polar surface area (TPSA) is 75.6 Å². The summed E-state index contributed by atoms with van der Waals surface area (Å²) < 4.78 is 5.04. The Balaban J connectivity index is 2.48. The molecule has 1 aromatic carbocycles. The Morgan fingerprint density at radius 3 is 2.50 bits per heavy atom. The van der Waals surface area contributed by atoms with Gasteiger partial charge in [-0.3, -0.25) is 9.59 Å². The summed E-state index contributed by atoms with van der Waals surface area (Å²) in [7, 11) is 1.59. The van der Waals surface area contributed by atoms with Gasteiger partial charge in [-0.1, -0.05) is 19.1 Å². The van der Waals surface area contributed by atoms with Gasteiger partial charge >= 0.3 is 5.97 Å². The minimum Gasteiger partial charge on any atom is -0.497 e. The SMILES string of the molecule is CCC(CNC(=O)C=Cc1ccc(OC)cc1)C(=O)O. The molecule has 5 heteroatoms. The number of hydrogen-bond acceptors (Lipinski definition) is 3. The average Bonchev–Trinajstić information content (AvgIpc) is 2.46. The summed E-state index contributed by atoms with van der Waals surface area (Å²) in [6, 6.07) is 7.26. The predicted molar refractivity (Wildman–Crippen MR) is 76.5 cm³/mol. The number of carboxylic acids is 1. The molecule has 1 aromatic rings. The maximum absolute atomic E-state index is 11.6. The zero-order valence-electron chi connectivity index (χ0n) is 11.6. The van der Waals surface area contributed by atoms with Crippen molar-refractivity contribution in [2.75, 3.05) is 13.7 Å². The fourth-order valence-corrected chi connectivity index (χ4v) is 1.58. The van der Waals surface area contributed by atoms with Crippen molar-refractivity contribution in [3.8, 4) is 5.75 Å². The van der Waals surface area contributed by atoms with Crippen LogP contribution < -0.4 is 10.1 Å². The van der Waals surface area contributed by atoms with Gasteiger partial charge in [0.2, 0.25) is 5.91 Å². The summed E-state index contributed by atoms with van der Waals surface area (Å²) in [5, 5.41) is 11.4. The second-order valence-corrected chi connectivity index (χ2v) is 4.30. The highest BCUT2D eigenvalue weighted by Gasteiger charge is 2.14. The lowest BCUT2D eigenvalue weighted by atomic mass is 10.1. The van der Waals surface area contributed by atoms with Crippen molar-refractivity contribution in [3.05, 3.63) is 35.9 Å². The van der Waals surface area contributed by atoms with Gasteiger partial charge in [0, 0.05) is 12.6 Å². The second kappa shape index (κ2) is 7.99. The van der Waals surface area contributed by atoms with Gasteiger partial charge in [0.1, 0.15) is 5.75 Å². The smallest absolute Gasteiger partial charge is 0.308 e. The van der Waals surface area contributed by atoms with Crippen LogP contribution in [0.4, 0.5) is 0 Å². The van der Waals surface area contributed by atoms with E-state index in [9.17, 15) is 9.59 Å². The number of carboxylic acid groups (broad SMARTS) is 1. The number of methoxy groups -OCH3 is 1. The van der Waals surface area contributed by atoms with Crippen LogP contribution in [0.5, 0.6) is 5.75 Å². The molecule has 108 valence electrons. The highest BCUT2D eigenvalue weighted by molar-refractivity contribution is 5.91. The van der Waals surface area contributed by atoms with Crippen molar-refractivity contribution in [2.45, 2.75) is 13.3 Å². The molecule has 0 fully saturated rings. The Bertz CT molecular complexity index is 479. The zero-order chi connectivity index (χ0) is 15.0. The van der Waals surface area contributed by atoms with Crippen LogP contribution in [0, 0.1) is 5.92 Å². The minimum atomic E-state index is -0.896. The van der Waals surface area contributed by atoms with Gasteiger partial charge in [0.15, 0.2) is 0 Å². The monoisotopic (exact) mass is 277 g/mol. The van der Waals surface area contributed by atoms with Gasteiger partial charge in [-0.05, 0) is 30.2 Å². The van der Waals surface area contributed by atoms with Crippen molar-refractivity contribution in [1.82, 2.24) is 5.32 Å². The average molecular weight is 277 g/mol. The molecular formula is C15H19NO4. The van der Waals surface area contributed by atoms with Crippen molar-refractivity contribution in [3.63, 3.8) is 0 Å². The first-order chi connectivity index (χ1) is 9.56. The van der Waals surface area contributed by atoms with E-state index in [1.165, 1.54) is 6.08 Å². The van der Waals surface area contributed by atoms with E-state index in [-0.39, 0.29) is 12.5 Å². The quantitative estimate of drug-likeness (QED) is 0.747. The molecule has 2 N–H and O–H groups in total. The largest absolute Gasteiger partial charge is 0.497 e. The van der Waals surface area contributed by atoms with Gasteiger partial charge in [-0.15, -0.1) is 0 Å². The highest BCUT2D eigenvalue weighted by Crippen LogP contribution is 2.12. The number of amides is 1. The predicted octanol–water partition coefficient (Wildman–Crippen LogP) is 1.94. The van der Waals surface area contributed by atoms with Crippen LogP contribution in [0.1, 0.15) is 18.9 Å². The molecular weight excluding hydrogens is 258 g/mol. The third kappa shape index (κ3) is 5.14. The molecule has 1 atom stereocenters. The molecule has 20 heavy (non-hydrogen) atoms. The van der Waals surface area contributed by atoms with Crippen LogP contribution >= 0.6 is 0 Å². The van der Waals surface area contributed by atoms with E-state index < -0.39 is 11.9 Å². The van der Waals surface area contributed by atoms with Crippen LogP contribution in [0.2, 0.25) is 0 Å². The lowest BCUT2D eigenvalue weighted by molar-refractivity contribution is -0.141. The fourth-order valence-electron chi connectivity index (χ4n) is 1.58. The molecule has 0 aromatic heterocycles. The molecule has 5 nitrogen and oxygen atoms in total. The molecule has 0 aliphatic heterocycles. The minimum absolute atomic E-state index is 0.137. The van der Waals surface area contributed by atoms with Gasteiger partial charge < -0.3 is 15.2 Å². The molecule has 1 rings (SSSR count). The highest BCUT2D eigenvalue weighted by atomic mass is 16.5. The van der Waals surface area contributed by atoms with E-state index >= 15 is 0 Å². The molecule has 0 spiro atoms. The Morgan fingerprint density at radius 1 is 1.35 bits per heavy atom. The number of hydrogen-bond donors (Lipinski definition) is 2. The van der Waals surface area contributed by atoms with Crippen molar-refractivity contribution >= 4 is 18.0 Å². The molecule has 0 radical (unpaired) electrons. The van der Waals surface area contributed by atoms with Crippen LogP contribution in [-0.4, -0.2) is 30.6 Å². The van der Waals surface area contributed by atoms with Crippen LogP contribution in [0.3, 0.4) is 0 Å². The molecule has 0 heterocycles. The summed E-state index contributed by atoms with van der Waals surface area (Å²) in [5.41, 5.74) is 0.867. The van der Waals surface area contributed by atoms with E-state index in [4.69, 9.17) is 9.84 Å². The lowest BCUT2D eigenvalue weighted by Gasteiger charge is -2.09. The van der Waals surface area contributed by atoms with E-state index in [0.29, 0.717) is 6.42 Å². The number of nitrogens with one attached hydrogen (secondary N) is 1. The zero-order valence-corrected chi connectivity index (χ0v) is 11.6. The van der Waals surface area contributed by atoms with E-state index in [2.05, 4.69) is 5.32 Å². The first-order valence-corrected chi connectivity index (χ1v) is 6.39. The Labute approximate surface area is 118 Å².